The van der Waals surface area contributed by atoms with E-state index in [9.17, 15) is 9.18 Å². The third-order valence-electron chi connectivity index (χ3n) is 1.82. The van der Waals surface area contributed by atoms with E-state index in [1.54, 1.807) is 12.1 Å². The zero-order valence-corrected chi connectivity index (χ0v) is 8.30. The SMILES string of the molecule is O=C(/C=C/Cl)CCc1ccc(F)cc1. The lowest BCUT2D eigenvalue weighted by molar-refractivity contribution is -0.114. The molecule has 0 N–H and O–H groups in total. The predicted octanol–water partition coefficient (Wildman–Crippen LogP) is 3.08. The van der Waals surface area contributed by atoms with Crippen molar-refractivity contribution >= 4 is 17.4 Å². The highest BCUT2D eigenvalue weighted by Crippen LogP contribution is 2.06. The minimum atomic E-state index is -0.263. The van der Waals surface area contributed by atoms with Gasteiger partial charge in [-0.1, -0.05) is 23.7 Å². The van der Waals surface area contributed by atoms with Crippen LogP contribution in [0.1, 0.15) is 12.0 Å². The number of halogens is 2. The molecule has 0 amide bonds. The van der Waals surface area contributed by atoms with Gasteiger partial charge in [0.05, 0.1) is 0 Å². The number of allylic oxidation sites excluding steroid dienone is 1. The van der Waals surface area contributed by atoms with E-state index < -0.39 is 0 Å². The maximum absolute atomic E-state index is 12.5. The van der Waals surface area contributed by atoms with Crippen LogP contribution in [0.5, 0.6) is 0 Å². The van der Waals surface area contributed by atoms with Crippen LogP contribution in [0.15, 0.2) is 35.9 Å². The Balaban J connectivity index is 2.46. The van der Waals surface area contributed by atoms with Crippen molar-refractivity contribution in [2.24, 2.45) is 0 Å². The fourth-order valence-corrected chi connectivity index (χ4v) is 1.21. The van der Waals surface area contributed by atoms with Crippen molar-refractivity contribution < 1.29 is 9.18 Å². The summed E-state index contributed by atoms with van der Waals surface area (Å²) in [5.74, 6) is -0.287. The molecule has 0 fully saturated rings. The lowest BCUT2D eigenvalue weighted by atomic mass is 10.1. The first-order chi connectivity index (χ1) is 6.72. The summed E-state index contributed by atoms with van der Waals surface area (Å²) in [6.45, 7) is 0. The van der Waals surface area contributed by atoms with E-state index in [2.05, 4.69) is 0 Å². The van der Waals surface area contributed by atoms with E-state index in [0.717, 1.165) is 5.56 Å². The number of hydrogen-bond acceptors (Lipinski definition) is 1. The average Bonchev–Trinajstić information content (AvgIpc) is 2.17. The van der Waals surface area contributed by atoms with Gasteiger partial charge in [0, 0.05) is 12.0 Å². The number of rotatable bonds is 4. The molecule has 1 aromatic rings. The van der Waals surface area contributed by atoms with Crippen LogP contribution in [0.4, 0.5) is 4.39 Å². The molecule has 1 nitrogen and oxygen atoms in total. The molecule has 0 unspecified atom stereocenters. The maximum Gasteiger partial charge on any atom is 0.156 e. The lowest BCUT2D eigenvalue weighted by Gasteiger charge is -1.98. The molecule has 1 aromatic carbocycles. The molecule has 0 heterocycles. The fourth-order valence-electron chi connectivity index (χ4n) is 1.07. The van der Waals surface area contributed by atoms with Crippen LogP contribution in [0, 0.1) is 5.82 Å². The molecule has 1 rings (SSSR count). The number of hydrogen-bond donors (Lipinski definition) is 0. The lowest BCUT2D eigenvalue weighted by Crippen LogP contribution is -1.95. The van der Waals surface area contributed by atoms with Gasteiger partial charge in [-0.2, -0.15) is 0 Å². The molecule has 0 aromatic heterocycles. The van der Waals surface area contributed by atoms with Gasteiger partial charge in [-0.3, -0.25) is 4.79 Å². The molecule has 0 saturated carbocycles. The Bertz CT molecular complexity index is 330. The van der Waals surface area contributed by atoms with E-state index in [-0.39, 0.29) is 11.6 Å². The molecular formula is C11H10ClFO. The molecular weight excluding hydrogens is 203 g/mol. The Kier molecular flexibility index (Phi) is 4.33. The molecule has 14 heavy (non-hydrogen) atoms. The van der Waals surface area contributed by atoms with E-state index in [0.29, 0.717) is 12.8 Å². The predicted molar refractivity (Wildman–Crippen MR) is 54.7 cm³/mol. The molecule has 0 saturated heterocycles. The van der Waals surface area contributed by atoms with Gasteiger partial charge < -0.3 is 0 Å². The molecule has 0 aliphatic heterocycles. The first-order valence-corrected chi connectivity index (χ1v) is 4.70. The molecule has 0 atom stereocenters. The maximum atomic E-state index is 12.5. The van der Waals surface area contributed by atoms with Gasteiger partial charge in [-0.05, 0) is 30.2 Å². The fraction of sp³-hybridized carbons (Fsp3) is 0.182. The quantitative estimate of drug-likeness (QED) is 0.701. The van der Waals surface area contributed by atoms with E-state index in [1.165, 1.54) is 23.7 Å². The van der Waals surface area contributed by atoms with Crippen molar-refractivity contribution in [1.82, 2.24) is 0 Å². The van der Waals surface area contributed by atoms with Gasteiger partial charge in [-0.25, -0.2) is 4.39 Å². The second kappa shape index (κ2) is 5.55. The second-order valence-electron chi connectivity index (χ2n) is 2.89. The molecule has 0 aliphatic carbocycles. The third kappa shape index (κ3) is 3.71. The second-order valence-corrected chi connectivity index (χ2v) is 3.14. The summed E-state index contributed by atoms with van der Waals surface area (Å²) in [5.41, 5.74) is 2.15. The molecule has 0 radical (unpaired) electrons. The third-order valence-corrected chi connectivity index (χ3v) is 1.95. The number of carbonyl (C=O) groups excluding carboxylic acids is 1. The van der Waals surface area contributed by atoms with Crippen molar-refractivity contribution in [2.45, 2.75) is 12.8 Å². The summed E-state index contributed by atoms with van der Waals surface area (Å²) >= 11 is 5.25. The average molecular weight is 213 g/mol. The Labute approximate surface area is 87.2 Å². The number of aryl methyl sites for hydroxylation is 1. The normalized spacial score (nSPS) is 10.7. The molecule has 0 aliphatic rings. The highest BCUT2D eigenvalue weighted by Gasteiger charge is 1.98. The highest BCUT2D eigenvalue weighted by molar-refractivity contribution is 6.26. The topological polar surface area (TPSA) is 17.1 Å². The Morgan fingerprint density at radius 1 is 1.36 bits per heavy atom. The van der Waals surface area contributed by atoms with E-state index in [4.69, 9.17) is 11.6 Å². The van der Waals surface area contributed by atoms with Gasteiger partial charge in [0.1, 0.15) is 5.82 Å². The molecule has 3 heteroatoms. The van der Waals surface area contributed by atoms with Crippen molar-refractivity contribution in [1.29, 1.82) is 0 Å². The van der Waals surface area contributed by atoms with Gasteiger partial charge in [0.2, 0.25) is 0 Å². The van der Waals surface area contributed by atoms with Crippen molar-refractivity contribution in [2.75, 3.05) is 0 Å². The van der Waals surface area contributed by atoms with Crippen LogP contribution in [0.3, 0.4) is 0 Å². The summed E-state index contributed by atoms with van der Waals surface area (Å²) in [5, 5.41) is 0. The first-order valence-electron chi connectivity index (χ1n) is 4.26. The van der Waals surface area contributed by atoms with Crippen LogP contribution >= 0.6 is 11.6 Å². The first kappa shape index (κ1) is 10.9. The standard InChI is InChI=1S/C11H10ClFO/c12-8-7-11(14)6-3-9-1-4-10(13)5-2-9/h1-2,4-5,7-8H,3,6H2/b8-7+. The Morgan fingerprint density at radius 2 is 2.00 bits per heavy atom. The number of benzene rings is 1. The van der Waals surface area contributed by atoms with Crippen LogP contribution in [0.2, 0.25) is 0 Å². The van der Waals surface area contributed by atoms with Gasteiger partial charge in [-0.15, -0.1) is 0 Å². The van der Waals surface area contributed by atoms with Gasteiger partial charge in [0.25, 0.3) is 0 Å². The van der Waals surface area contributed by atoms with E-state index >= 15 is 0 Å². The van der Waals surface area contributed by atoms with E-state index in [1.807, 2.05) is 0 Å². The summed E-state index contributed by atoms with van der Waals surface area (Å²) in [7, 11) is 0. The molecule has 0 bridgehead atoms. The largest absolute Gasteiger partial charge is 0.295 e. The molecule has 0 spiro atoms. The van der Waals surface area contributed by atoms with Crippen molar-refractivity contribution in [3.8, 4) is 0 Å². The van der Waals surface area contributed by atoms with Crippen LogP contribution < -0.4 is 0 Å². The minimum absolute atomic E-state index is 0.0238. The summed E-state index contributed by atoms with van der Waals surface area (Å²) in [4.78, 5) is 11.0. The van der Waals surface area contributed by atoms with Crippen LogP contribution in [-0.4, -0.2) is 5.78 Å². The Morgan fingerprint density at radius 3 is 2.57 bits per heavy atom. The molecule has 74 valence electrons. The summed E-state index contributed by atoms with van der Waals surface area (Å²) in [6, 6.07) is 6.12. The zero-order valence-electron chi connectivity index (χ0n) is 7.54. The summed E-state index contributed by atoms with van der Waals surface area (Å²) < 4.78 is 12.5. The van der Waals surface area contributed by atoms with Gasteiger partial charge in [0.15, 0.2) is 5.78 Å². The highest BCUT2D eigenvalue weighted by atomic mass is 35.5. The smallest absolute Gasteiger partial charge is 0.156 e. The van der Waals surface area contributed by atoms with Crippen molar-refractivity contribution in [3.05, 3.63) is 47.3 Å². The van der Waals surface area contributed by atoms with Crippen LogP contribution in [0.25, 0.3) is 0 Å². The van der Waals surface area contributed by atoms with Crippen LogP contribution in [-0.2, 0) is 11.2 Å². The number of carbonyl (C=O) groups is 1. The summed E-state index contributed by atoms with van der Waals surface area (Å²) in [6.07, 6.45) is 2.33. The van der Waals surface area contributed by atoms with Gasteiger partial charge >= 0.3 is 0 Å². The minimum Gasteiger partial charge on any atom is -0.295 e. The van der Waals surface area contributed by atoms with Crippen molar-refractivity contribution in [3.63, 3.8) is 0 Å². The zero-order chi connectivity index (χ0) is 10.4. The number of ketones is 1. The monoisotopic (exact) mass is 212 g/mol. The Hall–Kier alpha value is -1.15.